The van der Waals surface area contributed by atoms with Crippen LogP contribution in [0.3, 0.4) is 0 Å². The molecule has 3 heterocycles. The van der Waals surface area contributed by atoms with Crippen LogP contribution in [-0.2, 0) is 16.1 Å². The number of piperazine rings is 1. The van der Waals surface area contributed by atoms with E-state index in [2.05, 4.69) is 27.4 Å². The van der Waals surface area contributed by atoms with Crippen LogP contribution < -0.4 is 10.6 Å². The minimum Gasteiger partial charge on any atom is -0.390 e. The number of pyridine rings is 1. The number of aliphatic hydroxyl groups is 1. The Morgan fingerprint density at radius 2 is 1.82 bits per heavy atom. The fraction of sp³-hybridized carbons (Fsp3) is 0.704. The van der Waals surface area contributed by atoms with E-state index < -0.39 is 17.2 Å². The maximum absolute atomic E-state index is 13.7. The third kappa shape index (κ3) is 6.97. The number of carbonyl (C=O) groups is 3. The van der Waals surface area contributed by atoms with E-state index in [4.69, 9.17) is 0 Å². The van der Waals surface area contributed by atoms with E-state index >= 15 is 0 Å². The molecule has 9 nitrogen and oxygen atoms in total. The molecule has 1 atom stereocenters. The number of hydrogen-bond acceptors (Lipinski definition) is 6. The minimum absolute atomic E-state index is 0. The average molecular weight is 573 g/mol. The third-order valence-corrected chi connectivity index (χ3v) is 8.29. The predicted octanol–water partition coefficient (Wildman–Crippen LogP) is 2.83. The van der Waals surface area contributed by atoms with Crippen LogP contribution in [0.4, 0.5) is 0 Å². The maximum atomic E-state index is 13.7. The van der Waals surface area contributed by atoms with E-state index in [-0.39, 0.29) is 42.5 Å². The number of aromatic nitrogens is 1. The summed E-state index contributed by atoms with van der Waals surface area (Å²) < 4.78 is 0. The summed E-state index contributed by atoms with van der Waals surface area (Å²) >= 11 is 0. The maximum Gasteiger partial charge on any atom is 0.269 e. The topological polar surface area (TPSA) is 115 Å². The summed E-state index contributed by atoms with van der Waals surface area (Å²) in [7, 11) is 1.58. The van der Waals surface area contributed by atoms with Crippen molar-refractivity contribution in [3.63, 3.8) is 0 Å². The van der Waals surface area contributed by atoms with Gasteiger partial charge in [0.15, 0.2) is 0 Å². The first-order valence-electron chi connectivity index (χ1n) is 13.5. The molecule has 1 spiro atoms. The Labute approximate surface area is 238 Å². The van der Waals surface area contributed by atoms with Crippen LogP contribution in [0.15, 0.2) is 18.3 Å². The van der Waals surface area contributed by atoms with Crippen molar-refractivity contribution in [1.29, 1.82) is 0 Å². The number of carbonyl (C=O) groups excluding carboxylic acids is 3. The number of nitrogens with zero attached hydrogens (tertiary/aromatic N) is 3. The van der Waals surface area contributed by atoms with Crippen molar-refractivity contribution in [2.45, 2.75) is 94.9 Å². The number of rotatable bonds is 8. The molecule has 38 heavy (non-hydrogen) atoms. The number of halogens is 2. The molecule has 0 aromatic carbocycles. The van der Waals surface area contributed by atoms with E-state index in [9.17, 15) is 19.5 Å². The zero-order valence-corrected chi connectivity index (χ0v) is 24.2. The lowest BCUT2D eigenvalue weighted by Crippen LogP contribution is -2.73. The molecule has 3 aliphatic rings. The monoisotopic (exact) mass is 571 g/mol. The first-order chi connectivity index (χ1) is 17.3. The van der Waals surface area contributed by atoms with Crippen molar-refractivity contribution in [2.75, 3.05) is 26.7 Å². The van der Waals surface area contributed by atoms with Crippen LogP contribution in [-0.4, -0.2) is 81.5 Å². The molecule has 0 radical (unpaired) electrons. The van der Waals surface area contributed by atoms with Gasteiger partial charge in [-0.05, 0) is 43.7 Å². The molecule has 1 aromatic rings. The van der Waals surface area contributed by atoms with Gasteiger partial charge in [-0.3, -0.25) is 24.3 Å². The minimum atomic E-state index is -0.864. The molecule has 3 amide bonds. The van der Waals surface area contributed by atoms with Crippen LogP contribution in [0.2, 0.25) is 0 Å². The lowest BCUT2D eigenvalue weighted by molar-refractivity contribution is -0.163. The second-order valence-corrected chi connectivity index (χ2v) is 10.8. The molecule has 1 aliphatic carbocycles. The van der Waals surface area contributed by atoms with Crippen LogP contribution in [0.5, 0.6) is 0 Å². The third-order valence-electron chi connectivity index (χ3n) is 8.29. The highest BCUT2D eigenvalue weighted by atomic mass is 35.5. The highest BCUT2D eigenvalue weighted by molar-refractivity contribution is 6.00. The molecule has 2 saturated heterocycles. The van der Waals surface area contributed by atoms with Gasteiger partial charge in [-0.1, -0.05) is 38.7 Å². The van der Waals surface area contributed by atoms with E-state index in [1.807, 2.05) is 11.0 Å². The van der Waals surface area contributed by atoms with E-state index in [1.165, 1.54) is 0 Å². The quantitative estimate of drug-likeness (QED) is 0.442. The molecule has 3 N–H and O–H groups in total. The number of hydrogen-bond donors (Lipinski definition) is 3. The highest BCUT2D eigenvalue weighted by Gasteiger charge is 2.54. The number of amides is 3. The highest BCUT2D eigenvalue weighted by Crippen LogP contribution is 2.37. The fourth-order valence-electron chi connectivity index (χ4n) is 6.07. The first kappa shape index (κ1) is 32.3. The molecule has 4 rings (SSSR count). The van der Waals surface area contributed by atoms with Crippen molar-refractivity contribution in [2.24, 2.45) is 0 Å². The number of likely N-dealkylation sites (tertiary alicyclic amines) is 1. The van der Waals surface area contributed by atoms with Gasteiger partial charge >= 0.3 is 0 Å². The van der Waals surface area contributed by atoms with E-state index in [1.54, 1.807) is 19.3 Å². The smallest absolute Gasteiger partial charge is 0.269 e. The number of piperidine rings is 1. The van der Waals surface area contributed by atoms with Gasteiger partial charge in [0.05, 0.1) is 5.60 Å². The van der Waals surface area contributed by atoms with Crippen molar-refractivity contribution in [1.82, 2.24) is 25.4 Å². The average Bonchev–Trinajstić information content (AvgIpc) is 2.89. The summed E-state index contributed by atoms with van der Waals surface area (Å²) in [6.07, 6.45) is 9.42. The lowest BCUT2D eigenvalue weighted by Gasteiger charge is -2.52. The normalized spacial score (nSPS) is 22.7. The molecule has 214 valence electrons. The molecule has 3 fully saturated rings. The summed E-state index contributed by atoms with van der Waals surface area (Å²) in [5, 5.41) is 16.7. The second kappa shape index (κ2) is 13.9. The van der Waals surface area contributed by atoms with Crippen LogP contribution in [0.25, 0.3) is 0 Å². The standard InChI is InChI=1S/C27H41N5O4.2ClH/c1-3-4-14-32-24(34)22(17-26(36)10-6-5-7-11-26)30-25(35)27(32)12-15-31(16-13-27)19-20-8-9-21(29-18-20)23(33)28-2;;/h8-9,18,22,36H,3-7,10-17,19H2,1-2H3,(H,28,33)(H,30,35);2*1H/t22-;;/m1../s1. The molecule has 11 heteroatoms. The molecule has 0 bridgehead atoms. The summed E-state index contributed by atoms with van der Waals surface area (Å²) in [4.78, 5) is 47.4. The molecule has 1 saturated carbocycles. The largest absolute Gasteiger partial charge is 0.390 e. The Balaban J connectivity index is 0.00000253. The van der Waals surface area contributed by atoms with Crippen molar-refractivity contribution in [3.8, 4) is 0 Å². The zero-order valence-electron chi connectivity index (χ0n) is 22.5. The summed E-state index contributed by atoms with van der Waals surface area (Å²) in [6.45, 7) is 4.72. The summed E-state index contributed by atoms with van der Waals surface area (Å²) in [6, 6.07) is 2.98. The molecule has 2 aliphatic heterocycles. The number of unbranched alkanes of at least 4 members (excludes halogenated alkanes) is 1. The van der Waals surface area contributed by atoms with Gasteiger partial charge in [0, 0.05) is 45.8 Å². The van der Waals surface area contributed by atoms with E-state index in [0.717, 1.165) is 37.7 Å². The van der Waals surface area contributed by atoms with Crippen molar-refractivity contribution < 1.29 is 19.5 Å². The molecular weight excluding hydrogens is 529 g/mol. The van der Waals surface area contributed by atoms with Crippen LogP contribution >= 0.6 is 24.8 Å². The Bertz CT molecular complexity index is 947. The molecular formula is C27H43Cl2N5O4. The SMILES string of the molecule is CCCCN1C(=O)[C@@H](CC2(O)CCCCC2)NC(=O)C12CCN(Cc1ccc(C(=O)NC)nc1)CC2.Cl.Cl. The first-order valence-corrected chi connectivity index (χ1v) is 13.5. The van der Waals surface area contributed by atoms with Gasteiger partial charge in [-0.25, -0.2) is 0 Å². The van der Waals surface area contributed by atoms with Crippen LogP contribution in [0.1, 0.15) is 87.2 Å². The van der Waals surface area contributed by atoms with Crippen LogP contribution in [0, 0.1) is 0 Å². The number of nitrogens with one attached hydrogen (secondary N) is 2. The molecule has 1 aromatic heterocycles. The van der Waals surface area contributed by atoms with Crippen molar-refractivity contribution >= 4 is 42.5 Å². The zero-order chi connectivity index (χ0) is 25.8. The van der Waals surface area contributed by atoms with Crippen molar-refractivity contribution in [3.05, 3.63) is 29.6 Å². The Kier molecular flexibility index (Phi) is 11.8. The lowest BCUT2D eigenvalue weighted by atomic mass is 9.77. The van der Waals surface area contributed by atoms with Gasteiger partial charge in [-0.15, -0.1) is 24.8 Å². The molecule has 0 unspecified atom stereocenters. The second-order valence-electron chi connectivity index (χ2n) is 10.8. The van der Waals surface area contributed by atoms with Gasteiger partial charge in [0.25, 0.3) is 5.91 Å². The Morgan fingerprint density at radius 3 is 2.39 bits per heavy atom. The van der Waals surface area contributed by atoms with Gasteiger partial charge in [0.2, 0.25) is 11.8 Å². The van der Waals surface area contributed by atoms with Gasteiger partial charge < -0.3 is 20.6 Å². The van der Waals surface area contributed by atoms with Gasteiger partial charge in [-0.2, -0.15) is 0 Å². The fourth-order valence-corrected chi connectivity index (χ4v) is 6.07. The summed E-state index contributed by atoms with van der Waals surface area (Å²) in [5.74, 6) is -0.320. The predicted molar refractivity (Wildman–Crippen MR) is 151 cm³/mol. The van der Waals surface area contributed by atoms with E-state index in [0.29, 0.717) is 64.0 Å². The summed E-state index contributed by atoms with van der Waals surface area (Å²) in [5.41, 5.74) is -0.297. The Hall–Kier alpha value is -1.94. The Morgan fingerprint density at radius 1 is 1.13 bits per heavy atom. The van der Waals surface area contributed by atoms with Gasteiger partial charge in [0.1, 0.15) is 17.3 Å².